The van der Waals surface area contributed by atoms with Crippen molar-refractivity contribution in [2.45, 2.75) is 57.3 Å². The molecule has 1 aliphatic heterocycles. The molecular formula is C19H26NP. The smallest absolute Gasteiger partial charge is 0.0469 e. The zero-order valence-electron chi connectivity index (χ0n) is 13.6. The second-order valence-electron chi connectivity index (χ2n) is 7.39. The first-order chi connectivity index (χ1) is 9.92. The van der Waals surface area contributed by atoms with Gasteiger partial charge in [0, 0.05) is 17.3 Å². The Labute approximate surface area is 130 Å². The van der Waals surface area contributed by atoms with Crippen molar-refractivity contribution < 1.29 is 0 Å². The molecule has 0 spiro atoms. The molecule has 0 atom stereocenters. The minimum atomic E-state index is -0.198. The van der Waals surface area contributed by atoms with Crippen LogP contribution in [0.15, 0.2) is 48.7 Å². The van der Waals surface area contributed by atoms with Gasteiger partial charge >= 0.3 is 0 Å². The normalized spacial score (nSPS) is 21.3. The third-order valence-corrected chi connectivity index (χ3v) is 8.47. The van der Waals surface area contributed by atoms with Gasteiger partial charge in [-0.15, -0.1) is 0 Å². The molecule has 2 heterocycles. The Morgan fingerprint density at radius 3 is 2.10 bits per heavy atom. The van der Waals surface area contributed by atoms with Gasteiger partial charge in [0.1, 0.15) is 0 Å². The average Bonchev–Trinajstić information content (AvgIpc) is 2.86. The monoisotopic (exact) mass is 299 g/mol. The zero-order valence-corrected chi connectivity index (χ0v) is 14.5. The third kappa shape index (κ3) is 2.69. The molecule has 21 heavy (non-hydrogen) atoms. The molecule has 3 rings (SSSR count). The highest BCUT2D eigenvalue weighted by molar-refractivity contribution is 7.68. The van der Waals surface area contributed by atoms with Crippen LogP contribution < -0.4 is 5.44 Å². The lowest BCUT2D eigenvalue weighted by atomic mass is 9.98. The highest BCUT2D eigenvalue weighted by atomic mass is 31.1. The molecule has 1 aromatic carbocycles. The number of hydrogen-bond donors (Lipinski definition) is 0. The number of benzene rings is 1. The van der Waals surface area contributed by atoms with Crippen molar-refractivity contribution in [1.29, 1.82) is 0 Å². The highest BCUT2D eigenvalue weighted by Gasteiger charge is 2.45. The van der Waals surface area contributed by atoms with Crippen molar-refractivity contribution in [3.63, 3.8) is 0 Å². The molecule has 1 aliphatic rings. The Morgan fingerprint density at radius 2 is 1.48 bits per heavy atom. The Hall–Kier alpha value is -1.07. The lowest BCUT2D eigenvalue weighted by Gasteiger charge is -2.50. The molecule has 112 valence electrons. The van der Waals surface area contributed by atoms with E-state index < -0.39 is 0 Å². The van der Waals surface area contributed by atoms with Crippen molar-refractivity contribution >= 4 is 13.4 Å². The van der Waals surface area contributed by atoms with Crippen LogP contribution >= 0.6 is 7.92 Å². The van der Waals surface area contributed by atoms with Gasteiger partial charge in [-0.3, -0.25) is 0 Å². The van der Waals surface area contributed by atoms with E-state index >= 15 is 0 Å². The Morgan fingerprint density at radius 1 is 0.857 bits per heavy atom. The van der Waals surface area contributed by atoms with Crippen molar-refractivity contribution in [3.05, 3.63) is 48.7 Å². The fraction of sp³-hybridized carbons (Fsp3) is 0.474. The van der Waals surface area contributed by atoms with Gasteiger partial charge < -0.3 is 4.57 Å². The number of para-hydroxylation sites is 1. The Kier molecular flexibility index (Phi) is 3.74. The maximum Gasteiger partial charge on any atom is 0.0469 e. The molecule has 0 saturated carbocycles. The molecule has 1 nitrogen and oxygen atoms in total. The van der Waals surface area contributed by atoms with Crippen LogP contribution in [-0.2, 0) is 0 Å². The summed E-state index contributed by atoms with van der Waals surface area (Å²) in [4.78, 5) is 0. The molecule has 0 amide bonds. The summed E-state index contributed by atoms with van der Waals surface area (Å²) in [6, 6.07) is 15.3. The van der Waals surface area contributed by atoms with Gasteiger partial charge in [-0.05, 0) is 55.3 Å². The van der Waals surface area contributed by atoms with E-state index in [1.54, 1.807) is 0 Å². The van der Waals surface area contributed by atoms with E-state index in [0.29, 0.717) is 10.3 Å². The molecule has 0 radical (unpaired) electrons. The standard InChI is InChI=1S/C19H26NP/c1-18(2)13-9-14-19(3,4)21(18)17-12-8-15-20(17)16-10-6-5-7-11-16/h5-8,10-12,15H,9,13-14H2,1-4H3. The van der Waals surface area contributed by atoms with Crippen LogP contribution in [0, 0.1) is 0 Å². The predicted molar refractivity (Wildman–Crippen MR) is 94.3 cm³/mol. The minimum Gasteiger partial charge on any atom is -0.317 e. The average molecular weight is 299 g/mol. The van der Waals surface area contributed by atoms with E-state index in [0.717, 1.165) is 0 Å². The van der Waals surface area contributed by atoms with Gasteiger partial charge in [-0.25, -0.2) is 0 Å². The summed E-state index contributed by atoms with van der Waals surface area (Å²) in [5.74, 6) is 0. The fourth-order valence-corrected chi connectivity index (χ4v) is 8.25. The molecule has 0 N–H and O–H groups in total. The maximum atomic E-state index is 2.47. The van der Waals surface area contributed by atoms with Crippen LogP contribution in [0.1, 0.15) is 47.0 Å². The van der Waals surface area contributed by atoms with E-state index in [9.17, 15) is 0 Å². The summed E-state index contributed by atoms with van der Waals surface area (Å²) in [5, 5.41) is 0.837. The van der Waals surface area contributed by atoms with Gasteiger partial charge in [-0.2, -0.15) is 0 Å². The molecule has 0 aliphatic carbocycles. The van der Waals surface area contributed by atoms with Crippen LogP contribution in [0.3, 0.4) is 0 Å². The first-order valence-corrected chi connectivity index (χ1v) is 9.29. The van der Waals surface area contributed by atoms with E-state index in [2.05, 4.69) is 80.9 Å². The molecule has 0 bridgehead atoms. The van der Waals surface area contributed by atoms with Crippen molar-refractivity contribution in [2.24, 2.45) is 0 Å². The van der Waals surface area contributed by atoms with Gasteiger partial charge in [0.05, 0.1) is 0 Å². The summed E-state index contributed by atoms with van der Waals surface area (Å²) in [5.41, 5.74) is 2.82. The molecule has 1 fully saturated rings. The summed E-state index contributed by atoms with van der Waals surface area (Å²) >= 11 is 0. The highest BCUT2D eigenvalue weighted by Crippen LogP contribution is 2.65. The van der Waals surface area contributed by atoms with Gasteiger partial charge in [0.25, 0.3) is 0 Å². The molecule has 1 saturated heterocycles. The van der Waals surface area contributed by atoms with Gasteiger partial charge in [-0.1, -0.05) is 52.3 Å². The lowest BCUT2D eigenvalue weighted by molar-refractivity contribution is 0.470. The first kappa shape index (κ1) is 14.9. The van der Waals surface area contributed by atoms with Crippen LogP contribution in [-0.4, -0.2) is 14.9 Å². The summed E-state index contributed by atoms with van der Waals surface area (Å²) < 4.78 is 2.42. The topological polar surface area (TPSA) is 4.93 Å². The van der Waals surface area contributed by atoms with Gasteiger partial charge in [0.15, 0.2) is 0 Å². The molecule has 1 aromatic heterocycles. The first-order valence-electron chi connectivity index (χ1n) is 7.95. The fourth-order valence-electron chi connectivity index (χ4n) is 3.98. The van der Waals surface area contributed by atoms with E-state index in [1.807, 2.05) is 0 Å². The van der Waals surface area contributed by atoms with E-state index in [-0.39, 0.29) is 7.92 Å². The summed E-state index contributed by atoms with van der Waals surface area (Å²) in [7, 11) is -0.198. The molecule has 2 heteroatoms. The van der Waals surface area contributed by atoms with E-state index in [4.69, 9.17) is 0 Å². The zero-order chi connectivity index (χ0) is 15.1. The predicted octanol–water partition coefficient (Wildman–Crippen LogP) is 5.33. The number of rotatable bonds is 2. The molecular weight excluding hydrogens is 273 g/mol. The maximum absolute atomic E-state index is 2.47. The van der Waals surface area contributed by atoms with Crippen molar-refractivity contribution in [2.75, 3.05) is 0 Å². The quantitative estimate of drug-likeness (QED) is 0.661. The summed E-state index contributed by atoms with van der Waals surface area (Å²) in [6.45, 7) is 9.90. The Balaban J connectivity index is 2.10. The number of hydrogen-bond acceptors (Lipinski definition) is 0. The van der Waals surface area contributed by atoms with Crippen LogP contribution in [0.4, 0.5) is 0 Å². The van der Waals surface area contributed by atoms with Crippen LogP contribution in [0.25, 0.3) is 5.69 Å². The second-order valence-corrected chi connectivity index (χ2v) is 10.9. The SMILES string of the molecule is CC1(C)CCCC(C)(C)P1c1cccn1-c1ccccc1. The van der Waals surface area contributed by atoms with Gasteiger partial charge in [0.2, 0.25) is 0 Å². The lowest BCUT2D eigenvalue weighted by Crippen LogP contribution is -2.40. The minimum absolute atomic E-state index is 0.198. The molecule has 2 aromatic rings. The largest absolute Gasteiger partial charge is 0.317 e. The van der Waals surface area contributed by atoms with E-state index in [1.165, 1.54) is 30.4 Å². The molecule has 0 unspecified atom stereocenters. The number of aromatic nitrogens is 1. The second kappa shape index (κ2) is 5.29. The number of nitrogens with zero attached hydrogens (tertiary/aromatic N) is 1. The van der Waals surface area contributed by atoms with Crippen molar-refractivity contribution in [3.8, 4) is 5.69 Å². The van der Waals surface area contributed by atoms with Crippen LogP contribution in [0.2, 0.25) is 0 Å². The van der Waals surface area contributed by atoms with Crippen LogP contribution in [0.5, 0.6) is 0 Å². The summed E-state index contributed by atoms with van der Waals surface area (Å²) in [6.07, 6.45) is 6.29. The van der Waals surface area contributed by atoms with Crippen molar-refractivity contribution in [1.82, 2.24) is 4.57 Å². The third-order valence-electron chi connectivity index (χ3n) is 4.78. The Bertz CT molecular complexity index is 594.